The second kappa shape index (κ2) is 5.75. The quantitative estimate of drug-likeness (QED) is 0.874. The molecule has 0 fully saturated rings. The van der Waals surface area contributed by atoms with Crippen LogP contribution in [0.15, 0.2) is 46.1 Å². The number of aromatic hydroxyl groups is 1. The lowest BCUT2D eigenvalue weighted by atomic mass is 10.0. The van der Waals surface area contributed by atoms with E-state index in [2.05, 4.69) is 10.2 Å². The van der Waals surface area contributed by atoms with Gasteiger partial charge in [-0.1, -0.05) is 30.3 Å². The van der Waals surface area contributed by atoms with Crippen LogP contribution < -0.4 is 0 Å². The van der Waals surface area contributed by atoms with Crippen molar-refractivity contribution in [3.63, 3.8) is 0 Å². The first-order chi connectivity index (χ1) is 10.2. The number of allylic oxidation sites excluding steroid dienone is 1. The van der Waals surface area contributed by atoms with Crippen molar-refractivity contribution in [2.45, 2.75) is 13.5 Å². The summed E-state index contributed by atoms with van der Waals surface area (Å²) >= 11 is 6.64. The van der Waals surface area contributed by atoms with Gasteiger partial charge in [-0.25, -0.2) is 0 Å². The first kappa shape index (κ1) is 13.9. The molecule has 0 radical (unpaired) electrons. The van der Waals surface area contributed by atoms with Crippen LogP contribution in [-0.4, -0.2) is 21.6 Å². The van der Waals surface area contributed by atoms with Crippen LogP contribution in [0, 0.1) is 3.95 Å². The molecule has 1 aliphatic heterocycles. The van der Waals surface area contributed by atoms with E-state index in [0.29, 0.717) is 10.5 Å². The minimum Gasteiger partial charge on any atom is -0.493 e. The Morgan fingerprint density at radius 2 is 2.10 bits per heavy atom. The van der Waals surface area contributed by atoms with Gasteiger partial charge in [0, 0.05) is 17.7 Å². The molecule has 1 N–H and O–H groups in total. The monoisotopic (exact) mass is 315 g/mol. The van der Waals surface area contributed by atoms with Crippen molar-refractivity contribution >= 4 is 41.6 Å². The summed E-state index contributed by atoms with van der Waals surface area (Å²) in [6, 6.07) is 9.86. The molecule has 4 nitrogen and oxygen atoms in total. The summed E-state index contributed by atoms with van der Waals surface area (Å²) in [5.41, 5.74) is 2.67. The highest BCUT2D eigenvalue weighted by atomic mass is 32.1. The van der Waals surface area contributed by atoms with Crippen molar-refractivity contribution < 1.29 is 5.11 Å². The van der Waals surface area contributed by atoms with Gasteiger partial charge in [0.1, 0.15) is 5.71 Å². The molecule has 106 valence electrons. The van der Waals surface area contributed by atoms with Gasteiger partial charge < -0.3 is 5.11 Å². The van der Waals surface area contributed by atoms with E-state index in [9.17, 15) is 5.11 Å². The van der Waals surface area contributed by atoms with Crippen LogP contribution in [-0.2, 0) is 6.54 Å². The maximum atomic E-state index is 10.2. The fourth-order valence-corrected chi connectivity index (χ4v) is 3.51. The molecule has 0 saturated carbocycles. The van der Waals surface area contributed by atoms with Crippen molar-refractivity contribution in [3.05, 3.63) is 50.3 Å². The summed E-state index contributed by atoms with van der Waals surface area (Å²) in [5.74, 6) is 0.202. The fourth-order valence-electron chi connectivity index (χ4n) is 2.12. The first-order valence-corrected chi connectivity index (χ1v) is 7.74. The van der Waals surface area contributed by atoms with E-state index < -0.39 is 0 Å². The van der Waals surface area contributed by atoms with Crippen LogP contribution in [0.2, 0.25) is 0 Å². The number of benzene rings is 1. The molecule has 2 heterocycles. The minimum absolute atomic E-state index is 0.202. The smallest absolute Gasteiger partial charge is 0.210 e. The standard InChI is InChI=1S/C15H13N3OS2/c1-2-18-14(19)12(21-15(18)20)8-11-9-16-17-13(11)10-6-4-3-5-7-10/h3-9,19H,2H2,1H3/b11-8-. The predicted octanol–water partition coefficient (Wildman–Crippen LogP) is 3.88. The minimum atomic E-state index is 0.202. The van der Waals surface area contributed by atoms with Crippen LogP contribution in [0.4, 0.5) is 0 Å². The van der Waals surface area contributed by atoms with E-state index in [1.165, 1.54) is 11.3 Å². The van der Waals surface area contributed by atoms with Gasteiger partial charge in [0.05, 0.1) is 11.1 Å². The van der Waals surface area contributed by atoms with E-state index in [1.807, 2.05) is 43.3 Å². The van der Waals surface area contributed by atoms with Gasteiger partial charge in [-0.2, -0.15) is 5.10 Å². The summed E-state index contributed by atoms with van der Waals surface area (Å²) < 4.78 is 2.37. The third-order valence-electron chi connectivity index (χ3n) is 3.17. The van der Waals surface area contributed by atoms with Crippen molar-refractivity contribution in [1.82, 2.24) is 4.57 Å². The summed E-state index contributed by atoms with van der Waals surface area (Å²) in [7, 11) is 0. The molecule has 0 amide bonds. The topological polar surface area (TPSA) is 49.9 Å². The SMILES string of the molecule is CCn1c(O)c(/C=C2/C=NN=C2c2ccccc2)sc1=S. The first-order valence-electron chi connectivity index (χ1n) is 6.52. The Balaban J connectivity index is 2.03. The van der Waals surface area contributed by atoms with Crippen molar-refractivity contribution in [3.8, 4) is 5.88 Å². The van der Waals surface area contributed by atoms with Crippen molar-refractivity contribution in [2.75, 3.05) is 0 Å². The van der Waals surface area contributed by atoms with Crippen LogP contribution in [0.3, 0.4) is 0 Å². The molecule has 21 heavy (non-hydrogen) atoms. The molecule has 0 aliphatic carbocycles. The Morgan fingerprint density at radius 1 is 1.33 bits per heavy atom. The summed E-state index contributed by atoms with van der Waals surface area (Å²) in [6.07, 6.45) is 3.57. The van der Waals surface area contributed by atoms with E-state index >= 15 is 0 Å². The molecule has 0 saturated heterocycles. The zero-order valence-corrected chi connectivity index (χ0v) is 13.0. The van der Waals surface area contributed by atoms with Gasteiger partial charge in [-0.15, -0.1) is 16.4 Å². The van der Waals surface area contributed by atoms with Crippen molar-refractivity contribution in [2.24, 2.45) is 10.2 Å². The molecule has 0 atom stereocenters. The Hall–Kier alpha value is -2.05. The number of nitrogens with zero attached hydrogens (tertiary/aromatic N) is 3. The molecule has 0 spiro atoms. The second-order valence-corrected chi connectivity index (χ2v) is 6.13. The lowest BCUT2D eigenvalue weighted by Crippen LogP contribution is -2.01. The summed E-state index contributed by atoms with van der Waals surface area (Å²) in [6.45, 7) is 2.60. The number of rotatable bonds is 3. The fraction of sp³-hybridized carbons (Fsp3) is 0.133. The molecule has 1 aromatic carbocycles. The molecular formula is C15H13N3OS2. The zero-order chi connectivity index (χ0) is 14.8. The van der Waals surface area contributed by atoms with Gasteiger partial charge in [-0.05, 0) is 25.2 Å². The van der Waals surface area contributed by atoms with Gasteiger partial charge in [0.25, 0.3) is 0 Å². The molecular weight excluding hydrogens is 302 g/mol. The lowest BCUT2D eigenvalue weighted by molar-refractivity contribution is 0.419. The summed E-state index contributed by atoms with van der Waals surface area (Å²) in [4.78, 5) is 0.730. The average Bonchev–Trinajstić information content (AvgIpc) is 3.06. The largest absolute Gasteiger partial charge is 0.493 e. The highest BCUT2D eigenvalue weighted by Crippen LogP contribution is 2.29. The zero-order valence-electron chi connectivity index (χ0n) is 11.4. The molecule has 6 heteroatoms. The van der Waals surface area contributed by atoms with Crippen LogP contribution >= 0.6 is 23.6 Å². The average molecular weight is 315 g/mol. The molecule has 1 aliphatic rings. The van der Waals surface area contributed by atoms with E-state index in [1.54, 1.807) is 10.8 Å². The number of hydrogen-bond acceptors (Lipinski definition) is 5. The van der Waals surface area contributed by atoms with E-state index in [0.717, 1.165) is 21.7 Å². The third kappa shape index (κ3) is 2.59. The highest BCUT2D eigenvalue weighted by Gasteiger charge is 2.15. The molecule has 1 aromatic heterocycles. The van der Waals surface area contributed by atoms with E-state index in [-0.39, 0.29) is 5.88 Å². The highest BCUT2D eigenvalue weighted by molar-refractivity contribution is 7.73. The molecule has 0 bridgehead atoms. The Labute approximate surface area is 131 Å². The predicted molar refractivity (Wildman–Crippen MR) is 89.9 cm³/mol. The maximum absolute atomic E-state index is 10.2. The van der Waals surface area contributed by atoms with Crippen LogP contribution in [0.1, 0.15) is 17.4 Å². The maximum Gasteiger partial charge on any atom is 0.210 e. The Kier molecular flexibility index (Phi) is 3.81. The van der Waals surface area contributed by atoms with E-state index in [4.69, 9.17) is 12.2 Å². The lowest BCUT2D eigenvalue weighted by Gasteiger charge is -2.02. The number of aromatic nitrogens is 1. The van der Waals surface area contributed by atoms with Gasteiger partial charge in [-0.3, -0.25) is 4.57 Å². The third-order valence-corrected chi connectivity index (χ3v) is 4.56. The number of hydrogen-bond donors (Lipinski definition) is 1. The normalized spacial score (nSPS) is 15.7. The van der Waals surface area contributed by atoms with Crippen LogP contribution in [0.5, 0.6) is 5.88 Å². The van der Waals surface area contributed by atoms with Gasteiger partial charge in [0.2, 0.25) is 5.88 Å². The van der Waals surface area contributed by atoms with Crippen molar-refractivity contribution in [1.29, 1.82) is 0 Å². The number of thiazole rings is 1. The Morgan fingerprint density at radius 3 is 2.76 bits per heavy atom. The molecule has 2 aromatic rings. The Bertz CT molecular complexity index is 813. The molecule has 0 unspecified atom stereocenters. The molecule has 3 rings (SSSR count). The van der Waals surface area contributed by atoms with Gasteiger partial charge in [0.15, 0.2) is 3.95 Å². The van der Waals surface area contributed by atoms with Crippen LogP contribution in [0.25, 0.3) is 6.08 Å². The summed E-state index contributed by atoms with van der Waals surface area (Å²) in [5, 5.41) is 18.4. The second-order valence-electron chi connectivity index (χ2n) is 4.46. The van der Waals surface area contributed by atoms with Gasteiger partial charge >= 0.3 is 0 Å².